The molecular formula is C28H43ClCoN4O8+6. The molecule has 1 radical (unpaired) electrons. The minimum absolute atomic E-state index is 0. The number of nitrogens with zero attached hydrogens (tertiary/aromatic N) is 4. The first-order valence-corrected chi connectivity index (χ1v) is 14.1. The fourth-order valence-electron chi connectivity index (χ4n) is 3.31. The second kappa shape index (κ2) is 20.0. The fraction of sp³-hybridized carbons (Fsp3) is 0.429. The van der Waals surface area contributed by atoms with Crippen LogP contribution in [0.15, 0.2) is 95.7 Å². The summed E-state index contributed by atoms with van der Waals surface area (Å²) in [6.07, 6.45) is 22.4. The van der Waals surface area contributed by atoms with Crippen LogP contribution in [0.4, 0.5) is 0 Å². The molecule has 0 aliphatic carbocycles. The first kappa shape index (κ1) is 41.1. The van der Waals surface area contributed by atoms with Gasteiger partial charge in [0.05, 0.1) is 0 Å². The molecule has 0 aromatic heterocycles. The fourth-order valence-corrected chi connectivity index (χ4v) is 3.31. The van der Waals surface area contributed by atoms with E-state index in [0.717, 1.165) is 41.8 Å². The zero-order valence-electron chi connectivity index (χ0n) is 25.1. The Labute approximate surface area is 259 Å². The van der Waals surface area contributed by atoms with Gasteiger partial charge in [0.15, 0.2) is 0 Å². The molecule has 3 N–H and O–H groups in total. The molecule has 4 atom stereocenters. The van der Waals surface area contributed by atoms with E-state index < -0.39 is 10.2 Å². The van der Waals surface area contributed by atoms with Crippen molar-refractivity contribution in [3.63, 3.8) is 0 Å². The normalized spacial score (nSPS) is 24.3. The average Bonchev–Trinajstić information content (AvgIpc) is 2.88. The third kappa shape index (κ3) is 17.0. The van der Waals surface area contributed by atoms with Gasteiger partial charge in [0.2, 0.25) is 47.0 Å². The molecule has 14 heteroatoms. The molecule has 233 valence electrons. The maximum atomic E-state index is 10.9. The molecule has 0 fully saturated rings. The Morgan fingerprint density at radius 3 is 0.762 bits per heavy atom. The second-order valence-electron chi connectivity index (χ2n) is 9.47. The molecular weight excluding hydrogens is 615 g/mol. The van der Waals surface area contributed by atoms with Crippen LogP contribution in [0.1, 0.15) is 55.4 Å². The standard InChI is InChI=1S/4C7H10NO.ClH3O4.Co/c4*1-6-4-3-5-7(2)8(6)9;2-1(3,4)5;/h4*3-6H,1-2H3;2-4H;/q4*+1;;+2. The van der Waals surface area contributed by atoms with Gasteiger partial charge in [0, 0.05) is 118 Å². The van der Waals surface area contributed by atoms with E-state index in [2.05, 4.69) is 0 Å². The van der Waals surface area contributed by atoms with Crippen molar-refractivity contribution in [3.05, 3.63) is 115 Å². The Morgan fingerprint density at radius 2 is 0.667 bits per heavy atom. The second-order valence-corrected chi connectivity index (χ2v) is 10.3. The van der Waals surface area contributed by atoms with Gasteiger partial charge >= 0.3 is 45.7 Å². The third-order valence-electron chi connectivity index (χ3n) is 5.78. The molecule has 4 heterocycles. The molecule has 4 unspecified atom stereocenters. The van der Waals surface area contributed by atoms with Crippen LogP contribution in [0.2, 0.25) is 0 Å². The molecule has 0 aromatic rings. The van der Waals surface area contributed by atoms with Crippen LogP contribution in [0, 0.1) is 29.9 Å². The van der Waals surface area contributed by atoms with Gasteiger partial charge in [-0.1, -0.05) is 24.3 Å². The van der Waals surface area contributed by atoms with E-state index in [4.69, 9.17) is 18.6 Å². The van der Waals surface area contributed by atoms with E-state index in [9.17, 15) is 19.6 Å². The average molecular weight is 658 g/mol. The van der Waals surface area contributed by atoms with Gasteiger partial charge in [0.1, 0.15) is 0 Å². The zero-order valence-corrected chi connectivity index (χ0v) is 26.9. The Kier molecular flexibility index (Phi) is 19.5. The summed E-state index contributed by atoms with van der Waals surface area (Å²) in [4.78, 5) is 43.7. The Balaban J connectivity index is 0. The van der Waals surface area contributed by atoms with Crippen molar-refractivity contribution in [2.24, 2.45) is 0 Å². The van der Waals surface area contributed by atoms with Crippen LogP contribution >= 0.6 is 0 Å². The molecule has 0 bridgehead atoms. The van der Waals surface area contributed by atoms with Crippen LogP contribution in [-0.2, 0) is 16.8 Å². The van der Waals surface area contributed by atoms with Crippen LogP contribution in [0.25, 0.3) is 0 Å². The van der Waals surface area contributed by atoms with Crippen molar-refractivity contribution in [3.8, 4) is 0 Å². The number of rotatable bonds is 0. The third-order valence-corrected chi connectivity index (χ3v) is 5.78. The molecule has 12 nitrogen and oxygen atoms in total. The number of nitroso groups, excluding NO2 is 4. The van der Waals surface area contributed by atoms with Crippen molar-refractivity contribution >= 4 is 0 Å². The summed E-state index contributed by atoms with van der Waals surface area (Å²) >= 11 is 0. The van der Waals surface area contributed by atoms with E-state index in [1.165, 1.54) is 0 Å². The van der Waals surface area contributed by atoms with Crippen molar-refractivity contribution in [2.75, 3.05) is 0 Å². The van der Waals surface area contributed by atoms with E-state index in [-0.39, 0.29) is 40.9 Å². The zero-order chi connectivity index (χ0) is 31.9. The summed E-state index contributed by atoms with van der Waals surface area (Å²) in [5.41, 5.74) is 3.13. The van der Waals surface area contributed by atoms with Crippen molar-refractivity contribution in [1.29, 1.82) is 0 Å². The van der Waals surface area contributed by atoms with Crippen molar-refractivity contribution in [1.82, 2.24) is 0 Å². The van der Waals surface area contributed by atoms with E-state index in [1.54, 1.807) is 0 Å². The Hall–Kier alpha value is -3.04. The predicted octanol–water partition coefficient (Wildman–Crippen LogP) is 3.65. The van der Waals surface area contributed by atoms with Crippen molar-refractivity contribution < 1.29 is 64.7 Å². The van der Waals surface area contributed by atoms with Gasteiger partial charge < -0.3 is 0 Å². The van der Waals surface area contributed by atoms with Crippen LogP contribution < -0.4 is 4.66 Å². The molecule has 4 aliphatic rings. The number of halogens is 1. The Bertz CT molecular complexity index is 1040. The number of hydrogen-bond donors (Lipinski definition) is 3. The number of hydrogen-bond acceptors (Lipinski definition) is 8. The minimum atomic E-state index is -4.19. The van der Waals surface area contributed by atoms with E-state index in [0.29, 0.717) is 0 Å². The van der Waals surface area contributed by atoms with Crippen LogP contribution in [-0.4, -0.2) is 57.2 Å². The first-order valence-electron chi connectivity index (χ1n) is 12.8. The summed E-state index contributed by atoms with van der Waals surface area (Å²) in [5.74, 6) is 0. The first-order chi connectivity index (χ1) is 18.9. The molecule has 42 heavy (non-hydrogen) atoms. The van der Waals surface area contributed by atoms with Crippen LogP contribution in [0.5, 0.6) is 0 Å². The monoisotopic (exact) mass is 657 g/mol. The van der Waals surface area contributed by atoms with Gasteiger partial charge in [-0.25, -0.2) is 0 Å². The summed E-state index contributed by atoms with van der Waals surface area (Å²) in [6, 6.07) is 0.0370. The predicted molar refractivity (Wildman–Crippen MR) is 151 cm³/mol. The summed E-state index contributed by atoms with van der Waals surface area (Å²) in [5, 5.41) is 0. The van der Waals surface area contributed by atoms with Gasteiger partial charge in [-0.05, 0) is 24.3 Å². The van der Waals surface area contributed by atoms with Gasteiger partial charge in [-0.3, -0.25) is 0 Å². The van der Waals surface area contributed by atoms with Gasteiger partial charge in [-0.15, -0.1) is 0 Å². The summed E-state index contributed by atoms with van der Waals surface area (Å²) < 4.78 is 34.2. The molecule has 4 rings (SSSR count). The quantitative estimate of drug-likeness (QED) is 0.332. The molecule has 0 saturated carbocycles. The maximum absolute atomic E-state index is 10.9. The Morgan fingerprint density at radius 1 is 0.524 bits per heavy atom. The number of allylic oxidation sites excluding steroid dienone is 12. The molecule has 4 aliphatic heterocycles. The van der Waals surface area contributed by atoms with E-state index in [1.807, 2.05) is 128 Å². The molecule has 0 spiro atoms. The van der Waals surface area contributed by atoms with Gasteiger partial charge in [-0.2, -0.15) is 0 Å². The molecule has 0 aromatic carbocycles. The summed E-state index contributed by atoms with van der Waals surface area (Å²) in [6.45, 7) is 14.8. The van der Waals surface area contributed by atoms with Crippen molar-refractivity contribution in [2.45, 2.75) is 79.6 Å². The van der Waals surface area contributed by atoms with Gasteiger partial charge in [0.25, 0.3) is 0 Å². The molecule has 0 saturated heterocycles. The van der Waals surface area contributed by atoms with Crippen LogP contribution in [0.3, 0.4) is 0 Å². The molecule has 0 amide bonds. The topological polar surface area (TPSA) is 164 Å². The SMILES string of the molecule is CC1=CC=CC(C)[N+]1=O.CC1=CC=CC(C)[N+]1=O.CC1=CC=CC(C)[N+]1=O.CC1=CC=CC(C)[N+]1=O.[Co+2].[O-][Cl+](O)(O)O. The summed E-state index contributed by atoms with van der Waals surface area (Å²) in [7, 11) is -4.19. The van der Waals surface area contributed by atoms with E-state index >= 15 is 0 Å².